The largest absolute Gasteiger partial charge is 0.0755 e. The standard InChI is InChI=1S/C21H22/c1-16-6-4-8-19(14-16)18-10-12-21(3,13-11-18)20-9-5-7-17(2)15-20/h4-12,14-15H,13H2,1-3H3. The Hall–Kier alpha value is -2.08. The van der Waals surface area contributed by atoms with E-state index >= 15 is 0 Å². The minimum absolute atomic E-state index is 0.110. The molecule has 3 rings (SSSR count). The van der Waals surface area contributed by atoms with Gasteiger partial charge in [-0.05, 0) is 37.0 Å². The van der Waals surface area contributed by atoms with Gasteiger partial charge in [-0.25, -0.2) is 0 Å². The molecule has 1 aliphatic carbocycles. The number of benzene rings is 2. The molecule has 0 nitrogen and oxygen atoms in total. The molecule has 0 bridgehead atoms. The zero-order valence-electron chi connectivity index (χ0n) is 13.1. The lowest BCUT2D eigenvalue weighted by molar-refractivity contribution is 0.601. The van der Waals surface area contributed by atoms with Gasteiger partial charge in [0.1, 0.15) is 0 Å². The maximum absolute atomic E-state index is 2.37. The number of rotatable bonds is 2. The molecule has 106 valence electrons. The van der Waals surface area contributed by atoms with E-state index in [4.69, 9.17) is 0 Å². The molecule has 2 aromatic carbocycles. The van der Waals surface area contributed by atoms with Crippen LogP contribution in [0.25, 0.3) is 5.57 Å². The third kappa shape index (κ3) is 2.85. The smallest absolute Gasteiger partial charge is 0.0142 e. The molecule has 21 heavy (non-hydrogen) atoms. The van der Waals surface area contributed by atoms with E-state index in [1.54, 1.807) is 0 Å². The van der Waals surface area contributed by atoms with Crippen LogP contribution in [-0.4, -0.2) is 0 Å². The molecule has 0 radical (unpaired) electrons. The van der Waals surface area contributed by atoms with Crippen molar-refractivity contribution in [3.8, 4) is 0 Å². The normalized spacial score (nSPS) is 21.2. The van der Waals surface area contributed by atoms with Crippen LogP contribution in [0.2, 0.25) is 0 Å². The van der Waals surface area contributed by atoms with Gasteiger partial charge in [0.05, 0.1) is 0 Å². The monoisotopic (exact) mass is 274 g/mol. The van der Waals surface area contributed by atoms with E-state index in [0.29, 0.717) is 0 Å². The molecular weight excluding hydrogens is 252 g/mol. The lowest BCUT2D eigenvalue weighted by Crippen LogP contribution is -2.20. The summed E-state index contributed by atoms with van der Waals surface area (Å²) in [5.41, 5.74) is 6.81. The molecule has 0 heterocycles. The van der Waals surface area contributed by atoms with Gasteiger partial charge in [0.15, 0.2) is 0 Å². The van der Waals surface area contributed by atoms with E-state index in [-0.39, 0.29) is 5.41 Å². The van der Waals surface area contributed by atoms with Crippen LogP contribution in [0.1, 0.15) is 35.6 Å². The summed E-state index contributed by atoms with van der Waals surface area (Å²) in [4.78, 5) is 0. The predicted octanol–water partition coefficient (Wildman–Crippen LogP) is 5.60. The van der Waals surface area contributed by atoms with Crippen molar-refractivity contribution in [1.29, 1.82) is 0 Å². The second kappa shape index (κ2) is 5.37. The Kier molecular flexibility index (Phi) is 3.55. The zero-order chi connectivity index (χ0) is 14.9. The van der Waals surface area contributed by atoms with Crippen molar-refractivity contribution >= 4 is 5.57 Å². The maximum atomic E-state index is 2.37. The van der Waals surface area contributed by atoms with E-state index in [1.807, 2.05) is 0 Å². The highest BCUT2D eigenvalue weighted by Gasteiger charge is 2.25. The fourth-order valence-electron chi connectivity index (χ4n) is 2.98. The van der Waals surface area contributed by atoms with Crippen LogP contribution in [0, 0.1) is 13.8 Å². The molecule has 0 amide bonds. The first-order valence-electron chi connectivity index (χ1n) is 7.60. The number of hydrogen-bond donors (Lipinski definition) is 0. The first-order valence-corrected chi connectivity index (χ1v) is 7.60. The second-order valence-corrected chi connectivity index (χ2v) is 6.35. The van der Waals surface area contributed by atoms with Gasteiger partial charge in [-0.2, -0.15) is 0 Å². The number of hydrogen-bond acceptors (Lipinski definition) is 0. The molecule has 1 aliphatic rings. The molecule has 0 N–H and O–H groups in total. The molecule has 0 aliphatic heterocycles. The van der Waals surface area contributed by atoms with Crippen LogP contribution in [0.3, 0.4) is 0 Å². The third-order valence-corrected chi connectivity index (χ3v) is 4.41. The van der Waals surface area contributed by atoms with E-state index in [9.17, 15) is 0 Å². The molecule has 0 fully saturated rings. The van der Waals surface area contributed by atoms with E-state index < -0.39 is 0 Å². The molecular formula is C21H22. The molecule has 0 spiro atoms. The fraction of sp³-hybridized carbons (Fsp3) is 0.238. The summed E-state index contributed by atoms with van der Waals surface area (Å²) in [7, 11) is 0. The van der Waals surface area contributed by atoms with Gasteiger partial charge in [0, 0.05) is 5.41 Å². The Morgan fingerprint density at radius 2 is 1.62 bits per heavy atom. The molecule has 1 atom stereocenters. The van der Waals surface area contributed by atoms with Gasteiger partial charge < -0.3 is 0 Å². The molecule has 0 heteroatoms. The lowest BCUT2D eigenvalue weighted by Gasteiger charge is -2.29. The SMILES string of the molecule is Cc1cccc(C2=CCC(C)(c3cccc(C)c3)C=C2)c1. The van der Waals surface area contributed by atoms with Crippen LogP contribution >= 0.6 is 0 Å². The van der Waals surface area contributed by atoms with Crippen LogP contribution in [-0.2, 0) is 5.41 Å². The number of allylic oxidation sites excluding steroid dienone is 4. The van der Waals surface area contributed by atoms with E-state index in [2.05, 4.69) is 87.5 Å². The highest BCUT2D eigenvalue weighted by Crippen LogP contribution is 2.36. The number of aryl methyl sites for hydroxylation is 2. The summed E-state index contributed by atoms with van der Waals surface area (Å²) >= 11 is 0. The van der Waals surface area contributed by atoms with Gasteiger partial charge in [-0.3, -0.25) is 0 Å². The van der Waals surface area contributed by atoms with Crippen molar-refractivity contribution in [1.82, 2.24) is 0 Å². The summed E-state index contributed by atoms with van der Waals surface area (Å²) in [5, 5.41) is 0. The van der Waals surface area contributed by atoms with E-state index in [0.717, 1.165) is 6.42 Å². The summed E-state index contributed by atoms with van der Waals surface area (Å²) in [6.45, 7) is 6.63. The topological polar surface area (TPSA) is 0 Å². The Bertz CT molecular complexity index is 718. The van der Waals surface area contributed by atoms with Gasteiger partial charge in [-0.1, -0.05) is 84.8 Å². The maximum Gasteiger partial charge on any atom is 0.0142 e. The van der Waals surface area contributed by atoms with E-state index in [1.165, 1.54) is 27.8 Å². The van der Waals surface area contributed by atoms with Gasteiger partial charge in [-0.15, -0.1) is 0 Å². The van der Waals surface area contributed by atoms with Crippen LogP contribution in [0.5, 0.6) is 0 Å². The summed E-state index contributed by atoms with van der Waals surface area (Å²) < 4.78 is 0. The van der Waals surface area contributed by atoms with Crippen molar-refractivity contribution < 1.29 is 0 Å². The van der Waals surface area contributed by atoms with Crippen LogP contribution in [0.15, 0.2) is 66.8 Å². The van der Waals surface area contributed by atoms with Crippen LogP contribution < -0.4 is 0 Å². The summed E-state index contributed by atoms with van der Waals surface area (Å²) in [6.07, 6.45) is 8.06. The summed E-state index contributed by atoms with van der Waals surface area (Å²) in [6, 6.07) is 17.6. The first-order chi connectivity index (χ1) is 10.1. The highest BCUT2D eigenvalue weighted by atomic mass is 14.3. The van der Waals surface area contributed by atoms with Crippen molar-refractivity contribution in [2.45, 2.75) is 32.6 Å². The van der Waals surface area contributed by atoms with Gasteiger partial charge in [0.2, 0.25) is 0 Å². The minimum atomic E-state index is 0.110. The molecule has 0 saturated carbocycles. The quantitative estimate of drug-likeness (QED) is 0.668. The lowest BCUT2D eigenvalue weighted by atomic mass is 9.75. The Morgan fingerprint density at radius 1 is 0.905 bits per heavy atom. The third-order valence-electron chi connectivity index (χ3n) is 4.41. The minimum Gasteiger partial charge on any atom is -0.0755 e. The average molecular weight is 274 g/mol. The highest BCUT2D eigenvalue weighted by molar-refractivity contribution is 5.76. The van der Waals surface area contributed by atoms with Crippen molar-refractivity contribution in [3.05, 3.63) is 89.0 Å². The van der Waals surface area contributed by atoms with Crippen molar-refractivity contribution in [2.24, 2.45) is 0 Å². The van der Waals surface area contributed by atoms with Crippen molar-refractivity contribution in [3.63, 3.8) is 0 Å². The second-order valence-electron chi connectivity index (χ2n) is 6.35. The van der Waals surface area contributed by atoms with Gasteiger partial charge >= 0.3 is 0 Å². The molecule has 0 saturated heterocycles. The molecule has 0 aromatic heterocycles. The fourth-order valence-corrected chi connectivity index (χ4v) is 2.98. The predicted molar refractivity (Wildman–Crippen MR) is 91.4 cm³/mol. The average Bonchev–Trinajstić information content (AvgIpc) is 2.48. The van der Waals surface area contributed by atoms with Gasteiger partial charge in [0.25, 0.3) is 0 Å². The molecule has 1 unspecified atom stereocenters. The molecule has 2 aromatic rings. The Balaban J connectivity index is 1.88. The Labute approximate surface area is 127 Å². The van der Waals surface area contributed by atoms with Crippen molar-refractivity contribution in [2.75, 3.05) is 0 Å². The Morgan fingerprint density at radius 3 is 2.24 bits per heavy atom. The zero-order valence-corrected chi connectivity index (χ0v) is 13.1. The van der Waals surface area contributed by atoms with Crippen LogP contribution in [0.4, 0.5) is 0 Å². The first kappa shape index (κ1) is 13.9. The summed E-state index contributed by atoms with van der Waals surface area (Å²) in [5.74, 6) is 0.